The lowest BCUT2D eigenvalue weighted by atomic mass is 9.95. The minimum atomic E-state index is -0.920. The van der Waals surface area contributed by atoms with Gasteiger partial charge in [0.05, 0.1) is 0 Å². The number of nitrogens with one attached hydrogen (secondary N) is 2. The summed E-state index contributed by atoms with van der Waals surface area (Å²) >= 11 is 0. The first-order valence-electron chi connectivity index (χ1n) is 11.6. The molecule has 0 aliphatic carbocycles. The standard InChI is InChI=1S/C25H41N3O5/c1-10-16(5)20(27-24(32)33-25(7,8)9)23(31)28(11-2)21(22(30)26-15(3)4)18-12-13-19(29)17(6)14-18/h12-16,20-21,29H,10-11H2,1-9H3,(H,26,30)(H,27,32). The van der Waals surface area contributed by atoms with Gasteiger partial charge in [-0.05, 0) is 77.6 Å². The molecule has 8 heteroatoms. The highest BCUT2D eigenvalue weighted by atomic mass is 16.6. The molecule has 1 rings (SSSR count). The first-order chi connectivity index (χ1) is 15.2. The summed E-state index contributed by atoms with van der Waals surface area (Å²) in [5.74, 6) is -0.771. The zero-order chi connectivity index (χ0) is 25.5. The van der Waals surface area contributed by atoms with Crippen molar-refractivity contribution in [1.82, 2.24) is 15.5 Å². The van der Waals surface area contributed by atoms with Crippen LogP contribution in [-0.2, 0) is 14.3 Å². The average molecular weight is 464 g/mol. The molecular formula is C25H41N3O5. The smallest absolute Gasteiger partial charge is 0.408 e. The lowest BCUT2D eigenvalue weighted by Crippen LogP contribution is -2.55. The van der Waals surface area contributed by atoms with Gasteiger partial charge in [0.1, 0.15) is 23.4 Å². The molecule has 0 heterocycles. The molecule has 8 nitrogen and oxygen atoms in total. The summed E-state index contributed by atoms with van der Waals surface area (Å²) in [4.78, 5) is 41.0. The van der Waals surface area contributed by atoms with E-state index in [9.17, 15) is 19.5 Å². The van der Waals surface area contributed by atoms with Gasteiger partial charge in [-0.2, -0.15) is 0 Å². The predicted octanol–water partition coefficient (Wildman–Crippen LogP) is 4.05. The number of carbonyl (C=O) groups excluding carboxylic acids is 3. The number of benzene rings is 1. The normalized spacial score (nSPS) is 14.2. The van der Waals surface area contributed by atoms with Crippen molar-refractivity contribution in [2.24, 2.45) is 5.92 Å². The van der Waals surface area contributed by atoms with E-state index >= 15 is 0 Å². The van der Waals surface area contributed by atoms with Gasteiger partial charge in [0, 0.05) is 12.6 Å². The van der Waals surface area contributed by atoms with Gasteiger partial charge in [0.25, 0.3) is 0 Å². The van der Waals surface area contributed by atoms with Gasteiger partial charge in [-0.15, -0.1) is 0 Å². The van der Waals surface area contributed by atoms with E-state index in [1.54, 1.807) is 46.8 Å². The summed E-state index contributed by atoms with van der Waals surface area (Å²) in [6, 6.07) is 2.95. The Kier molecular flexibility index (Phi) is 10.2. The first-order valence-corrected chi connectivity index (χ1v) is 11.6. The number of carbonyl (C=O) groups is 3. The van der Waals surface area contributed by atoms with Crippen molar-refractivity contribution in [3.8, 4) is 5.75 Å². The molecule has 1 aromatic carbocycles. The largest absolute Gasteiger partial charge is 0.508 e. The van der Waals surface area contributed by atoms with Gasteiger partial charge in [0.2, 0.25) is 11.8 Å². The molecule has 3 amide bonds. The second-order valence-electron chi connectivity index (χ2n) is 9.75. The summed E-state index contributed by atoms with van der Waals surface area (Å²) in [6.45, 7) is 16.5. The maximum Gasteiger partial charge on any atom is 0.408 e. The Morgan fingerprint density at radius 1 is 1.09 bits per heavy atom. The maximum absolute atomic E-state index is 13.8. The van der Waals surface area contributed by atoms with E-state index in [-0.39, 0.29) is 36.1 Å². The minimum Gasteiger partial charge on any atom is -0.508 e. The van der Waals surface area contributed by atoms with Crippen LogP contribution in [0.4, 0.5) is 4.79 Å². The van der Waals surface area contributed by atoms with Crippen LogP contribution >= 0.6 is 0 Å². The molecule has 0 aliphatic rings. The highest BCUT2D eigenvalue weighted by Crippen LogP contribution is 2.28. The molecule has 0 saturated carbocycles. The minimum absolute atomic E-state index is 0.111. The SMILES string of the molecule is CCC(C)C(NC(=O)OC(C)(C)C)C(=O)N(CC)C(C(=O)NC(C)C)c1ccc(O)c(C)c1. The van der Waals surface area contributed by atoms with Crippen molar-refractivity contribution in [1.29, 1.82) is 0 Å². The number of phenolic OH excluding ortho intramolecular Hbond substituents is 1. The van der Waals surface area contributed by atoms with Crippen molar-refractivity contribution in [3.05, 3.63) is 29.3 Å². The Hall–Kier alpha value is -2.77. The Bertz CT molecular complexity index is 832. The Balaban J connectivity index is 3.42. The van der Waals surface area contributed by atoms with Crippen molar-refractivity contribution in [2.75, 3.05) is 6.54 Å². The zero-order valence-corrected chi connectivity index (χ0v) is 21.5. The number of hydrogen-bond acceptors (Lipinski definition) is 5. The van der Waals surface area contributed by atoms with Gasteiger partial charge in [-0.3, -0.25) is 9.59 Å². The number of amides is 3. The molecule has 1 aromatic rings. The van der Waals surface area contributed by atoms with Crippen LogP contribution in [0.2, 0.25) is 0 Å². The molecule has 3 N–H and O–H groups in total. The lowest BCUT2D eigenvalue weighted by molar-refractivity contribution is -0.143. The highest BCUT2D eigenvalue weighted by Gasteiger charge is 2.37. The molecular weight excluding hydrogens is 422 g/mol. The third-order valence-electron chi connectivity index (χ3n) is 5.30. The third-order valence-corrected chi connectivity index (χ3v) is 5.30. The van der Waals surface area contributed by atoms with Crippen LogP contribution in [0, 0.1) is 12.8 Å². The van der Waals surface area contributed by atoms with Crippen LogP contribution < -0.4 is 10.6 Å². The number of aromatic hydroxyl groups is 1. The summed E-state index contributed by atoms with van der Waals surface area (Å²) in [6.07, 6.45) is -0.0360. The van der Waals surface area contributed by atoms with Crippen LogP contribution in [0.15, 0.2) is 18.2 Å². The predicted molar refractivity (Wildman–Crippen MR) is 129 cm³/mol. The zero-order valence-electron chi connectivity index (χ0n) is 21.5. The Morgan fingerprint density at radius 3 is 2.15 bits per heavy atom. The van der Waals surface area contributed by atoms with Crippen LogP contribution in [0.3, 0.4) is 0 Å². The number of ether oxygens (including phenoxy) is 1. The molecule has 0 fully saturated rings. The molecule has 186 valence electrons. The van der Waals surface area contributed by atoms with Gasteiger partial charge in [-0.25, -0.2) is 4.79 Å². The average Bonchev–Trinajstić information content (AvgIpc) is 2.69. The fourth-order valence-electron chi connectivity index (χ4n) is 3.45. The first kappa shape index (κ1) is 28.3. The molecule has 0 saturated heterocycles. The fourth-order valence-corrected chi connectivity index (χ4v) is 3.45. The van der Waals surface area contributed by atoms with Crippen LogP contribution in [-0.4, -0.2) is 52.1 Å². The number of rotatable bonds is 9. The van der Waals surface area contributed by atoms with Crippen LogP contribution in [0.1, 0.15) is 79.0 Å². The summed E-state index contributed by atoms with van der Waals surface area (Å²) in [5, 5.41) is 15.6. The molecule has 3 atom stereocenters. The van der Waals surface area contributed by atoms with Crippen LogP contribution in [0.5, 0.6) is 5.75 Å². The number of likely N-dealkylation sites (N-methyl/N-ethyl adjacent to an activating group) is 1. The van der Waals surface area contributed by atoms with Crippen molar-refractivity contribution >= 4 is 17.9 Å². The van der Waals surface area contributed by atoms with E-state index < -0.39 is 23.8 Å². The Labute approximate surface area is 198 Å². The summed E-state index contributed by atoms with van der Waals surface area (Å²) in [7, 11) is 0. The number of aryl methyl sites for hydroxylation is 1. The van der Waals surface area contributed by atoms with Crippen molar-refractivity contribution in [3.63, 3.8) is 0 Å². The van der Waals surface area contributed by atoms with E-state index in [4.69, 9.17) is 4.74 Å². The van der Waals surface area contributed by atoms with E-state index in [1.807, 2.05) is 27.7 Å². The molecule has 0 bridgehead atoms. The van der Waals surface area contributed by atoms with Crippen LogP contribution in [0.25, 0.3) is 0 Å². The second-order valence-corrected chi connectivity index (χ2v) is 9.75. The number of alkyl carbamates (subject to hydrolysis) is 1. The van der Waals surface area contributed by atoms with Gasteiger partial charge < -0.3 is 25.4 Å². The van der Waals surface area contributed by atoms with E-state index in [1.165, 1.54) is 11.0 Å². The molecule has 0 aliphatic heterocycles. The number of phenols is 1. The van der Waals surface area contributed by atoms with Gasteiger partial charge in [-0.1, -0.05) is 26.3 Å². The van der Waals surface area contributed by atoms with E-state index in [0.717, 1.165) is 0 Å². The number of nitrogens with zero attached hydrogens (tertiary/aromatic N) is 1. The maximum atomic E-state index is 13.8. The lowest BCUT2D eigenvalue weighted by Gasteiger charge is -2.35. The number of hydrogen-bond donors (Lipinski definition) is 3. The monoisotopic (exact) mass is 463 g/mol. The summed E-state index contributed by atoms with van der Waals surface area (Å²) < 4.78 is 5.37. The van der Waals surface area contributed by atoms with Crippen molar-refractivity contribution < 1.29 is 24.2 Å². The second kappa shape index (κ2) is 11.9. The highest BCUT2D eigenvalue weighted by molar-refractivity contribution is 5.92. The van der Waals surface area contributed by atoms with Gasteiger partial charge in [0.15, 0.2) is 0 Å². The quantitative estimate of drug-likeness (QED) is 0.512. The fraction of sp³-hybridized carbons (Fsp3) is 0.640. The molecule has 0 spiro atoms. The Morgan fingerprint density at radius 2 is 1.70 bits per heavy atom. The van der Waals surface area contributed by atoms with E-state index in [2.05, 4.69) is 10.6 Å². The van der Waals surface area contributed by atoms with Gasteiger partial charge >= 0.3 is 6.09 Å². The summed E-state index contributed by atoms with van der Waals surface area (Å²) in [5.41, 5.74) is 0.475. The molecule has 3 unspecified atom stereocenters. The molecule has 33 heavy (non-hydrogen) atoms. The third kappa shape index (κ3) is 8.26. The topological polar surface area (TPSA) is 108 Å². The molecule has 0 aromatic heterocycles. The van der Waals surface area contributed by atoms with E-state index in [0.29, 0.717) is 17.5 Å². The van der Waals surface area contributed by atoms with Crippen molar-refractivity contribution in [2.45, 2.75) is 92.5 Å². The molecule has 0 radical (unpaired) electrons.